The molecule has 1 unspecified atom stereocenters. The highest BCUT2D eigenvalue weighted by molar-refractivity contribution is 5.58. The van der Waals surface area contributed by atoms with Crippen LogP contribution >= 0.6 is 0 Å². The Balaban J connectivity index is 2.65. The summed E-state index contributed by atoms with van der Waals surface area (Å²) in [6.45, 7) is 7.05. The quantitative estimate of drug-likeness (QED) is 0.655. The predicted molar refractivity (Wildman–Crippen MR) is 51.9 cm³/mol. The van der Waals surface area contributed by atoms with Crippen LogP contribution < -0.4 is 0 Å². The largest absolute Gasteiger partial charge is 0.325 e. The van der Waals surface area contributed by atoms with E-state index in [2.05, 4.69) is 31.9 Å². The minimum Gasteiger partial charge on any atom is -0.325 e. The molecule has 0 radical (unpaired) electrons. The highest BCUT2D eigenvalue weighted by Gasteiger charge is 2.28. The molecule has 0 aromatic carbocycles. The molecule has 13 heavy (non-hydrogen) atoms. The summed E-state index contributed by atoms with van der Waals surface area (Å²) < 4.78 is 0. The van der Waals surface area contributed by atoms with E-state index in [0.29, 0.717) is 6.04 Å². The van der Waals surface area contributed by atoms with Crippen LogP contribution in [0, 0.1) is 11.3 Å². The maximum absolute atomic E-state index is 8.97. The fourth-order valence-electron chi connectivity index (χ4n) is 1.36. The van der Waals surface area contributed by atoms with E-state index >= 15 is 0 Å². The topological polar surface area (TPSA) is 42.6 Å². The Labute approximate surface area is 79.4 Å². The summed E-state index contributed by atoms with van der Waals surface area (Å²) in [4.78, 5) is 1.97. The molecule has 72 valence electrons. The maximum atomic E-state index is 8.97. The molecule has 1 aliphatic heterocycles. The third-order valence-electron chi connectivity index (χ3n) is 2.06. The third-order valence-corrected chi connectivity index (χ3v) is 2.06. The van der Waals surface area contributed by atoms with Gasteiger partial charge < -0.3 is 4.90 Å². The minimum atomic E-state index is -0.208. The van der Waals surface area contributed by atoms with Crippen molar-refractivity contribution in [2.45, 2.75) is 39.4 Å². The third kappa shape index (κ3) is 1.92. The van der Waals surface area contributed by atoms with Crippen LogP contribution in [0.15, 0.2) is 5.10 Å². The van der Waals surface area contributed by atoms with Crippen molar-refractivity contribution >= 4 is 6.34 Å². The van der Waals surface area contributed by atoms with Gasteiger partial charge in [-0.25, -0.2) is 0 Å². The Morgan fingerprint density at radius 1 is 1.62 bits per heavy atom. The van der Waals surface area contributed by atoms with E-state index in [0.717, 1.165) is 13.0 Å². The number of nitriles is 1. The van der Waals surface area contributed by atoms with Crippen LogP contribution in [0.4, 0.5) is 0 Å². The molecule has 0 aromatic heterocycles. The number of hydrogen-bond acceptors (Lipinski definition) is 4. The molecule has 0 bridgehead atoms. The number of hydrazone groups is 1. The van der Waals surface area contributed by atoms with E-state index < -0.39 is 0 Å². The molecule has 1 rings (SSSR count). The lowest BCUT2D eigenvalue weighted by molar-refractivity contribution is 0.157. The summed E-state index contributed by atoms with van der Waals surface area (Å²) in [5.41, 5.74) is 0. The van der Waals surface area contributed by atoms with Gasteiger partial charge in [0, 0.05) is 12.6 Å². The molecule has 1 atom stereocenters. The van der Waals surface area contributed by atoms with E-state index in [9.17, 15) is 0 Å². The highest BCUT2D eigenvalue weighted by atomic mass is 15.6. The van der Waals surface area contributed by atoms with Crippen molar-refractivity contribution in [2.24, 2.45) is 5.10 Å². The monoisotopic (exact) mass is 180 g/mol. The average Bonchev–Trinajstić information content (AvgIpc) is 2.48. The van der Waals surface area contributed by atoms with Crippen LogP contribution in [0.1, 0.15) is 27.2 Å². The Kier molecular flexibility index (Phi) is 3.13. The van der Waals surface area contributed by atoms with E-state index in [-0.39, 0.29) is 6.17 Å². The van der Waals surface area contributed by atoms with Gasteiger partial charge in [-0.3, -0.25) is 5.01 Å². The molecule has 1 aliphatic rings. The first-order valence-electron chi connectivity index (χ1n) is 4.68. The maximum Gasteiger partial charge on any atom is 0.207 e. The molecule has 0 saturated heterocycles. The Morgan fingerprint density at radius 3 is 2.77 bits per heavy atom. The van der Waals surface area contributed by atoms with Crippen LogP contribution in [0.2, 0.25) is 0 Å². The number of nitrogens with zero attached hydrogens (tertiary/aromatic N) is 4. The first-order chi connectivity index (χ1) is 6.20. The zero-order valence-corrected chi connectivity index (χ0v) is 8.44. The zero-order chi connectivity index (χ0) is 9.84. The van der Waals surface area contributed by atoms with Gasteiger partial charge in [-0.1, -0.05) is 6.92 Å². The van der Waals surface area contributed by atoms with Gasteiger partial charge in [0.15, 0.2) is 0 Å². The summed E-state index contributed by atoms with van der Waals surface area (Å²) in [5.74, 6) is 0. The van der Waals surface area contributed by atoms with Crippen LogP contribution in [-0.2, 0) is 0 Å². The van der Waals surface area contributed by atoms with Crippen molar-refractivity contribution < 1.29 is 0 Å². The molecule has 0 aliphatic carbocycles. The predicted octanol–water partition coefficient (Wildman–Crippen LogP) is 1.22. The van der Waals surface area contributed by atoms with Gasteiger partial charge in [-0.15, -0.1) is 0 Å². The van der Waals surface area contributed by atoms with Crippen LogP contribution in [-0.4, -0.2) is 35.0 Å². The molecule has 0 fully saturated rings. The van der Waals surface area contributed by atoms with E-state index in [1.54, 1.807) is 6.34 Å². The van der Waals surface area contributed by atoms with Crippen molar-refractivity contribution in [1.82, 2.24) is 9.91 Å². The van der Waals surface area contributed by atoms with Gasteiger partial charge in [0.2, 0.25) is 6.17 Å². The lowest BCUT2D eigenvalue weighted by Gasteiger charge is -2.27. The SMILES string of the molecule is CCCN1N=CN(C(C)C)C1C#N. The Morgan fingerprint density at radius 2 is 2.31 bits per heavy atom. The fourth-order valence-corrected chi connectivity index (χ4v) is 1.36. The number of hydrogen-bond donors (Lipinski definition) is 0. The highest BCUT2D eigenvalue weighted by Crippen LogP contribution is 2.14. The average molecular weight is 180 g/mol. The van der Waals surface area contributed by atoms with E-state index in [1.807, 2.05) is 9.91 Å². The van der Waals surface area contributed by atoms with Crippen LogP contribution in [0.25, 0.3) is 0 Å². The molecular formula is C9H16N4. The lowest BCUT2D eigenvalue weighted by Crippen LogP contribution is -2.42. The van der Waals surface area contributed by atoms with Crippen molar-refractivity contribution in [3.05, 3.63) is 0 Å². The molecule has 0 saturated carbocycles. The normalized spacial score (nSPS) is 21.3. The number of rotatable bonds is 3. The molecule has 1 heterocycles. The van der Waals surface area contributed by atoms with Gasteiger partial charge in [0.1, 0.15) is 12.4 Å². The second-order valence-corrected chi connectivity index (χ2v) is 3.44. The fraction of sp³-hybridized carbons (Fsp3) is 0.778. The molecule has 4 heteroatoms. The van der Waals surface area contributed by atoms with E-state index in [1.165, 1.54) is 0 Å². The minimum absolute atomic E-state index is 0.208. The first kappa shape index (κ1) is 9.85. The van der Waals surface area contributed by atoms with Gasteiger partial charge in [0.05, 0.1) is 0 Å². The second kappa shape index (κ2) is 4.13. The van der Waals surface area contributed by atoms with Crippen molar-refractivity contribution in [2.75, 3.05) is 6.54 Å². The standard InChI is InChI=1S/C9H16N4/c1-4-5-13-9(6-10)12(7-11-13)8(2)3/h7-9H,4-5H2,1-3H3. The van der Waals surface area contributed by atoms with Gasteiger partial charge >= 0.3 is 0 Å². The first-order valence-corrected chi connectivity index (χ1v) is 4.68. The second-order valence-electron chi connectivity index (χ2n) is 3.44. The Hall–Kier alpha value is -1.24. The molecule has 0 aromatic rings. The Bertz CT molecular complexity index is 228. The van der Waals surface area contributed by atoms with Crippen LogP contribution in [0.5, 0.6) is 0 Å². The summed E-state index contributed by atoms with van der Waals surface area (Å²) in [6.07, 6.45) is 2.57. The summed E-state index contributed by atoms with van der Waals surface area (Å²) in [6, 6.07) is 2.59. The van der Waals surface area contributed by atoms with Gasteiger partial charge in [-0.05, 0) is 20.3 Å². The van der Waals surface area contributed by atoms with Crippen LogP contribution in [0.3, 0.4) is 0 Å². The summed E-state index contributed by atoms with van der Waals surface area (Å²) in [7, 11) is 0. The van der Waals surface area contributed by atoms with Crippen molar-refractivity contribution in [1.29, 1.82) is 5.26 Å². The molecule has 0 N–H and O–H groups in total. The summed E-state index contributed by atoms with van der Waals surface area (Å²) >= 11 is 0. The van der Waals surface area contributed by atoms with E-state index in [4.69, 9.17) is 5.26 Å². The molecule has 0 spiro atoms. The van der Waals surface area contributed by atoms with Gasteiger partial charge in [-0.2, -0.15) is 10.4 Å². The van der Waals surface area contributed by atoms with Crippen molar-refractivity contribution in [3.8, 4) is 6.07 Å². The zero-order valence-electron chi connectivity index (χ0n) is 8.44. The van der Waals surface area contributed by atoms with Crippen molar-refractivity contribution in [3.63, 3.8) is 0 Å². The molecule has 0 amide bonds. The molecule has 4 nitrogen and oxygen atoms in total. The summed E-state index contributed by atoms with van der Waals surface area (Å²) in [5, 5.41) is 15.0. The van der Waals surface area contributed by atoms with Gasteiger partial charge in [0.25, 0.3) is 0 Å². The molecular weight excluding hydrogens is 164 g/mol. The lowest BCUT2D eigenvalue weighted by atomic mass is 10.3. The smallest absolute Gasteiger partial charge is 0.207 e.